The smallest absolute Gasteiger partial charge is 0.232 e. The van der Waals surface area contributed by atoms with Crippen molar-refractivity contribution in [1.82, 2.24) is 4.90 Å². The van der Waals surface area contributed by atoms with Crippen molar-refractivity contribution in [2.24, 2.45) is 0 Å². The lowest BCUT2D eigenvalue weighted by atomic mass is 10.1. The van der Waals surface area contributed by atoms with E-state index in [9.17, 15) is 9.90 Å². The zero-order chi connectivity index (χ0) is 13.7. The molecule has 0 bridgehead atoms. The van der Waals surface area contributed by atoms with E-state index in [1.54, 1.807) is 11.8 Å². The van der Waals surface area contributed by atoms with E-state index in [2.05, 4.69) is 0 Å². The van der Waals surface area contributed by atoms with Crippen LogP contribution >= 0.6 is 23.4 Å². The van der Waals surface area contributed by atoms with Crippen LogP contribution in [0.4, 0.5) is 0 Å². The molecule has 1 heterocycles. The van der Waals surface area contributed by atoms with Crippen molar-refractivity contribution in [2.75, 3.05) is 18.8 Å². The number of aliphatic hydroxyl groups excluding tert-OH is 1. The molecule has 1 amide bonds. The molecule has 1 saturated heterocycles. The molecule has 0 unspecified atom stereocenters. The maximum absolute atomic E-state index is 12.0. The molecule has 0 saturated carbocycles. The van der Waals surface area contributed by atoms with Crippen LogP contribution in [0, 0.1) is 0 Å². The summed E-state index contributed by atoms with van der Waals surface area (Å²) in [6, 6.07) is 7.70. The summed E-state index contributed by atoms with van der Waals surface area (Å²) in [7, 11) is 0. The zero-order valence-corrected chi connectivity index (χ0v) is 12.3. The van der Waals surface area contributed by atoms with Crippen LogP contribution in [0.2, 0.25) is 5.02 Å². The number of hydrogen-bond donors (Lipinski definition) is 1. The van der Waals surface area contributed by atoms with Gasteiger partial charge in [-0.3, -0.25) is 4.79 Å². The van der Waals surface area contributed by atoms with Crippen molar-refractivity contribution in [3.63, 3.8) is 0 Å². The van der Waals surface area contributed by atoms with E-state index in [1.165, 1.54) is 5.56 Å². The molecule has 1 aromatic carbocycles. The van der Waals surface area contributed by atoms with E-state index >= 15 is 0 Å². The fraction of sp³-hybridized carbons (Fsp3) is 0.500. The predicted molar refractivity (Wildman–Crippen MR) is 79.4 cm³/mol. The van der Waals surface area contributed by atoms with Crippen molar-refractivity contribution < 1.29 is 9.90 Å². The molecule has 1 aliphatic rings. The topological polar surface area (TPSA) is 40.5 Å². The minimum Gasteiger partial charge on any atom is -0.393 e. The van der Waals surface area contributed by atoms with Gasteiger partial charge in [-0.15, -0.1) is 11.8 Å². The highest BCUT2D eigenvalue weighted by molar-refractivity contribution is 7.99. The zero-order valence-electron chi connectivity index (χ0n) is 10.7. The molecule has 1 aliphatic heterocycles. The van der Waals surface area contributed by atoms with E-state index in [4.69, 9.17) is 11.6 Å². The molecule has 104 valence electrons. The lowest BCUT2D eigenvalue weighted by Gasteiger charge is -2.29. The molecule has 1 fully saturated rings. The summed E-state index contributed by atoms with van der Waals surface area (Å²) in [6.07, 6.45) is 1.17. The van der Waals surface area contributed by atoms with Crippen LogP contribution in [0.5, 0.6) is 0 Å². The van der Waals surface area contributed by atoms with Crippen molar-refractivity contribution in [1.29, 1.82) is 0 Å². The summed E-state index contributed by atoms with van der Waals surface area (Å²) in [5.41, 5.74) is 1.18. The van der Waals surface area contributed by atoms with E-state index in [0.717, 1.165) is 10.8 Å². The highest BCUT2D eigenvalue weighted by atomic mass is 35.5. The minimum atomic E-state index is -0.231. The van der Waals surface area contributed by atoms with Crippen LogP contribution in [0.3, 0.4) is 0 Å². The molecule has 0 aromatic heterocycles. The molecular weight excluding hydrogens is 282 g/mol. The van der Waals surface area contributed by atoms with Crippen LogP contribution in [-0.2, 0) is 10.5 Å². The second kappa shape index (κ2) is 7.17. The highest BCUT2D eigenvalue weighted by Crippen LogP contribution is 2.17. The van der Waals surface area contributed by atoms with E-state index in [1.807, 2.05) is 29.2 Å². The first-order valence-corrected chi connectivity index (χ1v) is 7.96. The third-order valence-electron chi connectivity index (χ3n) is 3.22. The van der Waals surface area contributed by atoms with Crippen LogP contribution in [0.1, 0.15) is 18.4 Å². The molecule has 3 nitrogen and oxygen atoms in total. The number of rotatable bonds is 4. The summed E-state index contributed by atoms with van der Waals surface area (Å²) < 4.78 is 0. The molecule has 1 N–H and O–H groups in total. The number of benzene rings is 1. The lowest BCUT2D eigenvalue weighted by molar-refractivity contribution is -0.130. The second-order valence-electron chi connectivity index (χ2n) is 4.73. The number of likely N-dealkylation sites (tertiary alicyclic amines) is 1. The van der Waals surface area contributed by atoms with Crippen molar-refractivity contribution in [2.45, 2.75) is 24.7 Å². The van der Waals surface area contributed by atoms with Gasteiger partial charge >= 0.3 is 0 Å². The minimum absolute atomic E-state index is 0.172. The van der Waals surface area contributed by atoms with Gasteiger partial charge in [0.2, 0.25) is 5.91 Å². The Kier molecular flexibility index (Phi) is 5.55. The summed E-state index contributed by atoms with van der Waals surface area (Å²) in [5, 5.41) is 10.1. The Hall–Kier alpha value is -0.710. The van der Waals surface area contributed by atoms with Gasteiger partial charge in [0.25, 0.3) is 0 Å². The van der Waals surface area contributed by atoms with Crippen molar-refractivity contribution >= 4 is 29.3 Å². The Bertz CT molecular complexity index is 416. The number of amides is 1. The van der Waals surface area contributed by atoms with Gasteiger partial charge in [0.05, 0.1) is 11.9 Å². The summed E-state index contributed by atoms with van der Waals surface area (Å²) in [4.78, 5) is 13.8. The summed E-state index contributed by atoms with van der Waals surface area (Å²) in [5.74, 6) is 1.49. The molecule has 2 rings (SSSR count). The molecule has 0 aliphatic carbocycles. The van der Waals surface area contributed by atoms with Gasteiger partial charge in [0, 0.05) is 23.9 Å². The van der Waals surface area contributed by atoms with Gasteiger partial charge in [0.15, 0.2) is 0 Å². The Morgan fingerprint density at radius 3 is 2.58 bits per heavy atom. The number of piperidine rings is 1. The largest absolute Gasteiger partial charge is 0.393 e. The number of aliphatic hydroxyl groups is 1. The normalized spacial score (nSPS) is 16.6. The van der Waals surface area contributed by atoms with Gasteiger partial charge < -0.3 is 10.0 Å². The molecule has 0 atom stereocenters. The van der Waals surface area contributed by atoms with Gasteiger partial charge in [-0.1, -0.05) is 23.7 Å². The third-order valence-corrected chi connectivity index (χ3v) is 4.47. The van der Waals surface area contributed by atoms with Crippen LogP contribution in [0.25, 0.3) is 0 Å². The van der Waals surface area contributed by atoms with E-state index < -0.39 is 0 Å². The van der Waals surface area contributed by atoms with Gasteiger partial charge in [-0.2, -0.15) is 0 Å². The van der Waals surface area contributed by atoms with Crippen LogP contribution in [0.15, 0.2) is 24.3 Å². The number of nitrogens with zero attached hydrogens (tertiary/aromatic N) is 1. The average molecular weight is 300 g/mol. The molecular formula is C14H18ClNO2S. The number of carbonyl (C=O) groups excluding carboxylic acids is 1. The number of halogens is 1. The summed E-state index contributed by atoms with van der Waals surface area (Å²) in [6.45, 7) is 1.36. The Balaban J connectivity index is 1.70. The molecule has 0 radical (unpaired) electrons. The van der Waals surface area contributed by atoms with Gasteiger partial charge in [-0.25, -0.2) is 0 Å². The maximum Gasteiger partial charge on any atom is 0.232 e. The monoisotopic (exact) mass is 299 g/mol. The number of carbonyl (C=O) groups is 1. The predicted octanol–water partition coefficient (Wildman–Crippen LogP) is 2.56. The van der Waals surface area contributed by atoms with E-state index in [0.29, 0.717) is 31.7 Å². The maximum atomic E-state index is 12.0. The number of thioether (sulfide) groups is 1. The van der Waals surface area contributed by atoms with Crippen LogP contribution < -0.4 is 0 Å². The first-order valence-electron chi connectivity index (χ1n) is 6.43. The Morgan fingerprint density at radius 1 is 1.32 bits per heavy atom. The third kappa shape index (κ3) is 4.71. The lowest BCUT2D eigenvalue weighted by Crippen LogP contribution is -2.40. The van der Waals surface area contributed by atoms with Crippen molar-refractivity contribution in [3.05, 3.63) is 34.9 Å². The molecule has 1 aromatic rings. The van der Waals surface area contributed by atoms with Crippen LogP contribution in [-0.4, -0.2) is 40.9 Å². The quantitative estimate of drug-likeness (QED) is 0.929. The number of hydrogen-bond acceptors (Lipinski definition) is 3. The second-order valence-corrected chi connectivity index (χ2v) is 6.15. The molecule has 0 spiro atoms. The standard InChI is InChI=1S/C14H18ClNO2S/c15-12-3-1-11(2-4-12)9-19-10-14(18)16-7-5-13(17)6-8-16/h1-4,13,17H,5-10H2. The molecule has 5 heteroatoms. The Morgan fingerprint density at radius 2 is 1.95 bits per heavy atom. The fourth-order valence-electron chi connectivity index (χ4n) is 2.04. The molecule has 19 heavy (non-hydrogen) atoms. The SMILES string of the molecule is O=C(CSCc1ccc(Cl)cc1)N1CCC(O)CC1. The average Bonchev–Trinajstić information content (AvgIpc) is 2.41. The van der Waals surface area contributed by atoms with Gasteiger partial charge in [-0.05, 0) is 30.5 Å². The Labute approximate surface area is 122 Å². The summed E-state index contributed by atoms with van der Waals surface area (Å²) >= 11 is 7.44. The first kappa shape index (κ1) is 14.7. The van der Waals surface area contributed by atoms with E-state index in [-0.39, 0.29) is 12.0 Å². The fourth-order valence-corrected chi connectivity index (χ4v) is 3.06. The first-order chi connectivity index (χ1) is 9.15. The van der Waals surface area contributed by atoms with Gasteiger partial charge in [0.1, 0.15) is 0 Å². The van der Waals surface area contributed by atoms with Crippen molar-refractivity contribution in [3.8, 4) is 0 Å². The highest BCUT2D eigenvalue weighted by Gasteiger charge is 2.20.